The summed E-state index contributed by atoms with van der Waals surface area (Å²) < 4.78 is 24.4. The van der Waals surface area contributed by atoms with Crippen LogP contribution in [0, 0.1) is 5.41 Å². The van der Waals surface area contributed by atoms with E-state index in [1.165, 1.54) is 6.08 Å². The van der Waals surface area contributed by atoms with Crippen LogP contribution in [0.3, 0.4) is 0 Å². The van der Waals surface area contributed by atoms with Gasteiger partial charge in [0.25, 0.3) is 0 Å². The van der Waals surface area contributed by atoms with E-state index >= 15 is 0 Å². The lowest BCUT2D eigenvalue weighted by atomic mass is 9.77. The molecule has 0 aromatic carbocycles. The molecule has 0 aromatic rings. The third-order valence-corrected chi connectivity index (χ3v) is 2.99. The molecule has 80 valence electrons. The molecule has 14 heavy (non-hydrogen) atoms. The van der Waals surface area contributed by atoms with Crippen LogP contribution in [0.15, 0.2) is 11.9 Å². The van der Waals surface area contributed by atoms with Gasteiger partial charge in [-0.2, -0.15) is 0 Å². The Balaban J connectivity index is 2.22. The maximum atomic E-state index is 13.5. The second-order valence-electron chi connectivity index (χ2n) is 4.26. The number of ether oxygens (including phenoxy) is 2. The molecule has 0 saturated carbocycles. The van der Waals surface area contributed by atoms with Gasteiger partial charge < -0.3 is 14.6 Å². The van der Waals surface area contributed by atoms with Crippen molar-refractivity contribution in [3.05, 3.63) is 11.9 Å². The van der Waals surface area contributed by atoms with Gasteiger partial charge >= 0.3 is 0 Å². The standard InChI is InChI=1S/C10H15FO3/c1-9(7-12)6-10(3-2-8(9)11)13-4-5-14-10/h2,12H,3-7H2,1H3/t9-/m1/s1. The number of aliphatic hydroxyl groups is 1. The van der Waals surface area contributed by atoms with Crippen LogP contribution >= 0.6 is 0 Å². The number of halogens is 1. The lowest BCUT2D eigenvalue weighted by Gasteiger charge is -2.39. The number of aliphatic hydroxyl groups excluding tert-OH is 1. The van der Waals surface area contributed by atoms with Crippen LogP contribution in [0.1, 0.15) is 19.8 Å². The summed E-state index contributed by atoms with van der Waals surface area (Å²) in [6, 6.07) is 0. The van der Waals surface area contributed by atoms with E-state index in [1.807, 2.05) is 0 Å². The van der Waals surface area contributed by atoms with E-state index < -0.39 is 11.2 Å². The lowest BCUT2D eigenvalue weighted by molar-refractivity contribution is -0.184. The van der Waals surface area contributed by atoms with Crippen LogP contribution in [0.5, 0.6) is 0 Å². The number of hydrogen-bond donors (Lipinski definition) is 1. The van der Waals surface area contributed by atoms with Crippen molar-refractivity contribution < 1.29 is 19.0 Å². The molecular weight excluding hydrogens is 187 g/mol. The van der Waals surface area contributed by atoms with Gasteiger partial charge in [-0.15, -0.1) is 0 Å². The molecule has 1 heterocycles. The van der Waals surface area contributed by atoms with Crippen molar-refractivity contribution in [2.24, 2.45) is 5.41 Å². The van der Waals surface area contributed by atoms with Crippen molar-refractivity contribution in [1.29, 1.82) is 0 Å². The largest absolute Gasteiger partial charge is 0.395 e. The molecule has 1 spiro atoms. The molecule has 0 unspecified atom stereocenters. The van der Waals surface area contributed by atoms with E-state index in [1.54, 1.807) is 6.92 Å². The fraction of sp³-hybridized carbons (Fsp3) is 0.800. The van der Waals surface area contributed by atoms with E-state index in [2.05, 4.69) is 0 Å². The van der Waals surface area contributed by atoms with Crippen LogP contribution in [-0.2, 0) is 9.47 Å². The van der Waals surface area contributed by atoms with Gasteiger partial charge in [-0.05, 0) is 6.08 Å². The first-order chi connectivity index (χ1) is 6.60. The first kappa shape index (κ1) is 10.1. The molecule has 0 aromatic heterocycles. The quantitative estimate of drug-likeness (QED) is 0.698. The van der Waals surface area contributed by atoms with E-state index in [0.717, 1.165) is 0 Å². The van der Waals surface area contributed by atoms with Crippen LogP contribution in [0.25, 0.3) is 0 Å². The summed E-state index contributed by atoms with van der Waals surface area (Å²) in [4.78, 5) is 0. The average Bonchev–Trinajstić information content (AvgIpc) is 2.61. The van der Waals surface area contributed by atoms with Crippen LogP contribution in [-0.4, -0.2) is 30.7 Å². The Morgan fingerprint density at radius 1 is 1.50 bits per heavy atom. The Kier molecular flexibility index (Phi) is 2.37. The highest BCUT2D eigenvalue weighted by molar-refractivity contribution is 5.13. The van der Waals surface area contributed by atoms with Gasteiger partial charge in [0.15, 0.2) is 5.79 Å². The fourth-order valence-corrected chi connectivity index (χ4v) is 2.09. The molecule has 0 bridgehead atoms. The summed E-state index contributed by atoms with van der Waals surface area (Å²) in [5.74, 6) is -0.947. The van der Waals surface area contributed by atoms with Crippen LogP contribution in [0.2, 0.25) is 0 Å². The molecule has 1 fully saturated rings. The van der Waals surface area contributed by atoms with Crippen molar-refractivity contribution in [3.8, 4) is 0 Å². The van der Waals surface area contributed by atoms with Gasteiger partial charge in [-0.3, -0.25) is 0 Å². The number of rotatable bonds is 1. The summed E-state index contributed by atoms with van der Waals surface area (Å²) >= 11 is 0. The first-order valence-electron chi connectivity index (χ1n) is 4.85. The normalized spacial score (nSPS) is 36.1. The van der Waals surface area contributed by atoms with Gasteiger partial charge in [-0.1, -0.05) is 6.92 Å². The minimum atomic E-state index is -0.845. The van der Waals surface area contributed by atoms with Crippen LogP contribution < -0.4 is 0 Å². The molecular formula is C10H15FO3. The zero-order chi connectivity index (χ0) is 10.2. The van der Waals surface area contributed by atoms with E-state index in [0.29, 0.717) is 26.1 Å². The summed E-state index contributed by atoms with van der Waals surface area (Å²) in [6.07, 6.45) is 2.29. The Morgan fingerprint density at radius 3 is 2.71 bits per heavy atom. The fourth-order valence-electron chi connectivity index (χ4n) is 2.09. The van der Waals surface area contributed by atoms with Gasteiger partial charge in [0, 0.05) is 18.3 Å². The highest BCUT2D eigenvalue weighted by Crippen LogP contribution is 2.45. The molecule has 1 aliphatic carbocycles. The summed E-state index contributed by atoms with van der Waals surface area (Å²) in [6.45, 7) is 2.57. The van der Waals surface area contributed by atoms with Crippen LogP contribution in [0.4, 0.5) is 4.39 Å². The maximum absolute atomic E-state index is 13.5. The van der Waals surface area contributed by atoms with Gasteiger partial charge in [0.05, 0.1) is 19.8 Å². The predicted octanol–water partition coefficient (Wildman–Crippen LogP) is 1.38. The molecule has 1 atom stereocenters. The first-order valence-corrected chi connectivity index (χ1v) is 4.85. The molecule has 2 rings (SSSR count). The van der Waals surface area contributed by atoms with E-state index in [-0.39, 0.29) is 12.4 Å². The zero-order valence-electron chi connectivity index (χ0n) is 8.25. The van der Waals surface area contributed by atoms with Crippen molar-refractivity contribution in [3.63, 3.8) is 0 Å². The van der Waals surface area contributed by atoms with E-state index in [9.17, 15) is 9.50 Å². The monoisotopic (exact) mass is 202 g/mol. The third-order valence-electron chi connectivity index (χ3n) is 2.99. The van der Waals surface area contributed by atoms with Gasteiger partial charge in [-0.25, -0.2) is 4.39 Å². The highest BCUT2D eigenvalue weighted by atomic mass is 19.1. The smallest absolute Gasteiger partial charge is 0.173 e. The molecule has 2 aliphatic rings. The minimum Gasteiger partial charge on any atom is -0.395 e. The molecule has 1 saturated heterocycles. The molecule has 4 heteroatoms. The topological polar surface area (TPSA) is 38.7 Å². The SMILES string of the molecule is C[C@]1(CO)CC2(CC=C1F)OCCO2. The zero-order valence-corrected chi connectivity index (χ0v) is 8.25. The summed E-state index contributed by atoms with van der Waals surface area (Å²) in [5, 5.41) is 9.17. The maximum Gasteiger partial charge on any atom is 0.173 e. The Hall–Kier alpha value is -0.450. The van der Waals surface area contributed by atoms with Gasteiger partial charge in [0.2, 0.25) is 0 Å². The Bertz CT molecular complexity index is 258. The summed E-state index contributed by atoms with van der Waals surface area (Å²) in [7, 11) is 0. The Morgan fingerprint density at radius 2 is 2.14 bits per heavy atom. The van der Waals surface area contributed by atoms with Crippen molar-refractivity contribution in [2.45, 2.75) is 25.6 Å². The minimum absolute atomic E-state index is 0.218. The average molecular weight is 202 g/mol. The van der Waals surface area contributed by atoms with Crippen molar-refractivity contribution in [2.75, 3.05) is 19.8 Å². The van der Waals surface area contributed by atoms with Gasteiger partial charge in [0.1, 0.15) is 5.83 Å². The molecule has 1 N–H and O–H groups in total. The molecule has 0 radical (unpaired) electrons. The second kappa shape index (κ2) is 3.29. The molecule has 3 nitrogen and oxygen atoms in total. The second-order valence-corrected chi connectivity index (χ2v) is 4.26. The third kappa shape index (κ3) is 1.47. The Labute approximate surface area is 82.5 Å². The lowest BCUT2D eigenvalue weighted by Crippen LogP contribution is -2.41. The predicted molar refractivity (Wildman–Crippen MR) is 48.3 cm³/mol. The molecule has 1 aliphatic heterocycles. The molecule has 0 amide bonds. The van der Waals surface area contributed by atoms with Crippen molar-refractivity contribution >= 4 is 0 Å². The van der Waals surface area contributed by atoms with Crippen molar-refractivity contribution in [1.82, 2.24) is 0 Å². The highest BCUT2D eigenvalue weighted by Gasteiger charge is 2.47. The number of hydrogen-bond acceptors (Lipinski definition) is 3. The van der Waals surface area contributed by atoms with E-state index in [4.69, 9.17) is 9.47 Å². The summed E-state index contributed by atoms with van der Waals surface area (Å²) in [5.41, 5.74) is -0.845.